The fraction of sp³-hybridized carbons (Fsp3) is 0.462. The quantitative estimate of drug-likeness (QED) is 0.781. The van der Waals surface area contributed by atoms with Crippen LogP contribution in [-0.4, -0.2) is 24.7 Å². The Morgan fingerprint density at radius 1 is 1.56 bits per heavy atom. The molecule has 100 valence electrons. The molecule has 0 aromatic heterocycles. The van der Waals surface area contributed by atoms with Crippen molar-refractivity contribution >= 4 is 17.5 Å². The molecule has 18 heavy (non-hydrogen) atoms. The van der Waals surface area contributed by atoms with Crippen LogP contribution in [0.5, 0.6) is 5.75 Å². The van der Waals surface area contributed by atoms with E-state index < -0.39 is 6.10 Å². The molecule has 1 aromatic carbocycles. The Hall–Kier alpha value is -1.26. The van der Waals surface area contributed by atoms with E-state index in [1.54, 1.807) is 32.2 Å². The smallest absolute Gasteiger partial charge is 0.219 e. The van der Waals surface area contributed by atoms with E-state index in [2.05, 4.69) is 5.32 Å². The minimum absolute atomic E-state index is 0.00542. The highest BCUT2D eigenvalue weighted by Crippen LogP contribution is 2.27. The molecule has 0 bridgehead atoms. The second-order valence-electron chi connectivity index (χ2n) is 3.99. The van der Waals surface area contributed by atoms with Gasteiger partial charge < -0.3 is 15.2 Å². The zero-order valence-electron chi connectivity index (χ0n) is 10.6. The number of aliphatic hydroxyl groups excluding tert-OH is 1. The summed E-state index contributed by atoms with van der Waals surface area (Å²) in [5, 5.41) is 12.4. The molecule has 2 N–H and O–H groups in total. The molecule has 1 rings (SSSR count). The van der Waals surface area contributed by atoms with Crippen LogP contribution < -0.4 is 10.1 Å². The minimum atomic E-state index is -0.551. The monoisotopic (exact) mass is 271 g/mol. The van der Waals surface area contributed by atoms with Gasteiger partial charge in [-0.05, 0) is 31.0 Å². The lowest BCUT2D eigenvalue weighted by molar-refractivity contribution is -0.120. The molecule has 0 heterocycles. The Kier molecular flexibility index (Phi) is 5.95. The molecule has 1 aromatic rings. The first-order chi connectivity index (χ1) is 8.54. The summed E-state index contributed by atoms with van der Waals surface area (Å²) in [4.78, 5) is 11.0. The summed E-state index contributed by atoms with van der Waals surface area (Å²) in [5.74, 6) is 0.562. The maximum atomic E-state index is 11.0. The number of nitrogens with one attached hydrogen (secondary N) is 1. The van der Waals surface area contributed by atoms with Gasteiger partial charge in [-0.2, -0.15) is 0 Å². The molecule has 5 heteroatoms. The largest absolute Gasteiger partial charge is 0.492 e. The molecule has 0 fully saturated rings. The topological polar surface area (TPSA) is 58.6 Å². The Morgan fingerprint density at radius 2 is 2.28 bits per heavy atom. The summed E-state index contributed by atoms with van der Waals surface area (Å²) in [6.07, 6.45) is 0.512. The Labute approximate surface area is 112 Å². The fourth-order valence-corrected chi connectivity index (χ4v) is 1.68. The zero-order chi connectivity index (χ0) is 13.5. The molecular weight excluding hydrogens is 254 g/mol. The van der Waals surface area contributed by atoms with Crippen molar-refractivity contribution in [3.8, 4) is 5.75 Å². The van der Waals surface area contributed by atoms with Gasteiger partial charge in [0.2, 0.25) is 5.91 Å². The van der Waals surface area contributed by atoms with E-state index >= 15 is 0 Å². The van der Waals surface area contributed by atoms with Gasteiger partial charge >= 0.3 is 0 Å². The molecule has 4 nitrogen and oxygen atoms in total. The average molecular weight is 272 g/mol. The normalized spacial score (nSPS) is 12.0. The summed E-state index contributed by atoms with van der Waals surface area (Å²) in [5.41, 5.74) is 0.748. The van der Waals surface area contributed by atoms with E-state index in [0.717, 1.165) is 5.56 Å². The number of carbonyl (C=O) groups is 1. The molecule has 0 aliphatic heterocycles. The number of hydrogen-bond acceptors (Lipinski definition) is 3. The van der Waals surface area contributed by atoms with Gasteiger partial charge in [0, 0.05) is 13.5 Å². The highest BCUT2D eigenvalue weighted by Gasteiger charge is 2.06. The van der Waals surface area contributed by atoms with Crippen LogP contribution in [0.2, 0.25) is 5.02 Å². The molecule has 1 atom stereocenters. The van der Waals surface area contributed by atoms with Gasteiger partial charge in [0.15, 0.2) is 0 Å². The van der Waals surface area contributed by atoms with Crippen molar-refractivity contribution in [1.29, 1.82) is 0 Å². The number of hydrogen-bond donors (Lipinski definition) is 2. The van der Waals surface area contributed by atoms with Gasteiger partial charge in [0.05, 0.1) is 17.7 Å². The summed E-state index contributed by atoms with van der Waals surface area (Å²) in [6.45, 7) is 2.11. The van der Waals surface area contributed by atoms with E-state index in [4.69, 9.17) is 16.3 Å². The fourth-order valence-electron chi connectivity index (χ4n) is 1.43. The molecule has 0 aliphatic rings. The number of aliphatic hydroxyl groups is 1. The molecule has 1 amide bonds. The summed E-state index contributed by atoms with van der Waals surface area (Å²) in [7, 11) is 1.61. The Bertz CT molecular complexity index is 407. The lowest BCUT2D eigenvalue weighted by Crippen LogP contribution is -2.18. The van der Waals surface area contributed by atoms with E-state index in [1.807, 2.05) is 0 Å². The highest BCUT2D eigenvalue weighted by molar-refractivity contribution is 6.32. The summed E-state index contributed by atoms with van der Waals surface area (Å²) in [6, 6.07) is 5.18. The van der Waals surface area contributed by atoms with Crippen molar-refractivity contribution in [2.45, 2.75) is 25.9 Å². The van der Waals surface area contributed by atoms with Gasteiger partial charge in [0.25, 0.3) is 0 Å². The molecule has 0 saturated heterocycles. The van der Waals surface area contributed by atoms with Crippen molar-refractivity contribution in [2.75, 3.05) is 13.7 Å². The van der Waals surface area contributed by atoms with Crippen molar-refractivity contribution in [1.82, 2.24) is 5.32 Å². The molecule has 0 radical (unpaired) electrons. The predicted molar refractivity (Wildman–Crippen MR) is 70.9 cm³/mol. The molecule has 0 spiro atoms. The van der Waals surface area contributed by atoms with Crippen LogP contribution in [0.25, 0.3) is 0 Å². The van der Waals surface area contributed by atoms with E-state index in [-0.39, 0.29) is 5.91 Å². The number of carbonyl (C=O) groups excluding carboxylic acids is 1. The minimum Gasteiger partial charge on any atom is -0.492 e. The molecule has 0 saturated carbocycles. The summed E-state index contributed by atoms with van der Waals surface area (Å²) >= 11 is 6.03. The van der Waals surface area contributed by atoms with Gasteiger partial charge in [0.1, 0.15) is 5.75 Å². The average Bonchev–Trinajstić information content (AvgIpc) is 2.35. The Balaban J connectivity index is 2.45. The third kappa shape index (κ3) is 4.55. The first-order valence-corrected chi connectivity index (χ1v) is 6.23. The maximum Gasteiger partial charge on any atom is 0.219 e. The number of amides is 1. The lowest BCUT2D eigenvalue weighted by atomic mass is 10.1. The zero-order valence-corrected chi connectivity index (χ0v) is 11.3. The van der Waals surface area contributed by atoms with Crippen molar-refractivity contribution in [3.05, 3.63) is 28.8 Å². The third-order valence-corrected chi connectivity index (χ3v) is 2.82. The molecule has 0 aliphatic carbocycles. The SMILES string of the molecule is CNC(=O)CCCOc1ccc(C(C)O)cc1Cl. The second kappa shape index (κ2) is 7.24. The van der Waals surface area contributed by atoms with Crippen LogP contribution in [0.1, 0.15) is 31.4 Å². The first kappa shape index (κ1) is 14.8. The van der Waals surface area contributed by atoms with Crippen molar-refractivity contribution < 1.29 is 14.6 Å². The first-order valence-electron chi connectivity index (χ1n) is 5.85. The molecule has 1 unspecified atom stereocenters. The third-order valence-electron chi connectivity index (χ3n) is 2.52. The second-order valence-corrected chi connectivity index (χ2v) is 4.40. The van der Waals surface area contributed by atoms with E-state index in [0.29, 0.717) is 30.2 Å². The number of benzene rings is 1. The van der Waals surface area contributed by atoms with Gasteiger partial charge in [-0.1, -0.05) is 17.7 Å². The van der Waals surface area contributed by atoms with Gasteiger partial charge in [-0.3, -0.25) is 4.79 Å². The van der Waals surface area contributed by atoms with Crippen LogP contribution in [0, 0.1) is 0 Å². The van der Waals surface area contributed by atoms with E-state index in [1.165, 1.54) is 0 Å². The summed E-state index contributed by atoms with van der Waals surface area (Å²) < 4.78 is 5.47. The predicted octanol–water partition coefficient (Wildman–Crippen LogP) is 2.30. The number of rotatable bonds is 6. The van der Waals surface area contributed by atoms with Gasteiger partial charge in [-0.15, -0.1) is 0 Å². The lowest BCUT2D eigenvalue weighted by Gasteiger charge is -2.10. The van der Waals surface area contributed by atoms with E-state index in [9.17, 15) is 9.90 Å². The van der Waals surface area contributed by atoms with Crippen LogP contribution in [0.15, 0.2) is 18.2 Å². The standard InChI is InChI=1S/C13H18ClNO3/c1-9(16)10-5-6-12(11(14)8-10)18-7-3-4-13(17)15-2/h5-6,8-9,16H,3-4,7H2,1-2H3,(H,15,17). The highest BCUT2D eigenvalue weighted by atomic mass is 35.5. The number of ether oxygens (including phenoxy) is 1. The molecular formula is C13H18ClNO3. The van der Waals surface area contributed by atoms with Crippen molar-refractivity contribution in [3.63, 3.8) is 0 Å². The van der Waals surface area contributed by atoms with Crippen molar-refractivity contribution in [2.24, 2.45) is 0 Å². The maximum absolute atomic E-state index is 11.0. The Morgan fingerprint density at radius 3 is 2.83 bits per heavy atom. The number of halogens is 1. The van der Waals surface area contributed by atoms with Crippen LogP contribution in [0.4, 0.5) is 0 Å². The van der Waals surface area contributed by atoms with Crippen LogP contribution in [-0.2, 0) is 4.79 Å². The van der Waals surface area contributed by atoms with Crippen LogP contribution >= 0.6 is 11.6 Å². The van der Waals surface area contributed by atoms with Gasteiger partial charge in [-0.25, -0.2) is 0 Å². The van der Waals surface area contributed by atoms with Crippen LogP contribution in [0.3, 0.4) is 0 Å².